The molecular formula is C10H24O2Si2. The predicted molar refractivity (Wildman–Crippen MR) is 65.8 cm³/mol. The second-order valence-electron chi connectivity index (χ2n) is 5.49. The first-order chi connectivity index (χ1) is 6.36. The van der Waals surface area contributed by atoms with E-state index in [-0.39, 0.29) is 5.41 Å². The summed E-state index contributed by atoms with van der Waals surface area (Å²) in [6.07, 6.45) is 3.61. The molecule has 1 rings (SSSR count). The number of rotatable bonds is 3. The van der Waals surface area contributed by atoms with E-state index >= 15 is 0 Å². The molecule has 1 unspecified atom stereocenters. The standard InChI is InChI=1S/C10H24O2Si2/c1-13(2)10(12-14(3,4)5)8-6-7-9-11-10/h13H,6-9H2,1-5H3. The van der Waals surface area contributed by atoms with Gasteiger partial charge in [-0.2, -0.15) is 0 Å². The van der Waals surface area contributed by atoms with Gasteiger partial charge in [-0.15, -0.1) is 0 Å². The lowest BCUT2D eigenvalue weighted by Crippen LogP contribution is -2.54. The highest BCUT2D eigenvalue weighted by atomic mass is 28.4. The van der Waals surface area contributed by atoms with Crippen molar-refractivity contribution in [2.24, 2.45) is 0 Å². The number of ether oxygens (including phenoxy) is 1. The van der Waals surface area contributed by atoms with Gasteiger partial charge in [-0.25, -0.2) is 0 Å². The van der Waals surface area contributed by atoms with E-state index in [4.69, 9.17) is 9.16 Å². The van der Waals surface area contributed by atoms with Crippen LogP contribution in [0.15, 0.2) is 0 Å². The van der Waals surface area contributed by atoms with Crippen LogP contribution in [0.2, 0.25) is 32.7 Å². The SMILES string of the molecule is C[SiH](C)C1(O[Si](C)(C)C)CCCCO1. The second-order valence-corrected chi connectivity index (χ2v) is 13.1. The minimum atomic E-state index is -1.47. The maximum atomic E-state index is 6.31. The van der Waals surface area contributed by atoms with E-state index in [9.17, 15) is 0 Å². The Labute approximate surface area is 90.7 Å². The first-order valence-corrected chi connectivity index (χ1v) is 12.0. The molecule has 0 bridgehead atoms. The monoisotopic (exact) mass is 232 g/mol. The summed E-state index contributed by atoms with van der Waals surface area (Å²) in [6.45, 7) is 12.3. The molecule has 4 heteroatoms. The van der Waals surface area contributed by atoms with Crippen LogP contribution < -0.4 is 0 Å². The maximum absolute atomic E-state index is 6.31. The van der Waals surface area contributed by atoms with Crippen molar-refractivity contribution in [1.29, 1.82) is 0 Å². The fourth-order valence-electron chi connectivity index (χ4n) is 1.96. The Morgan fingerprint density at radius 2 is 1.86 bits per heavy atom. The van der Waals surface area contributed by atoms with E-state index in [1.807, 2.05) is 0 Å². The van der Waals surface area contributed by atoms with E-state index in [0.29, 0.717) is 0 Å². The lowest BCUT2D eigenvalue weighted by Gasteiger charge is -2.44. The van der Waals surface area contributed by atoms with Crippen molar-refractivity contribution in [3.05, 3.63) is 0 Å². The fraction of sp³-hybridized carbons (Fsp3) is 1.00. The van der Waals surface area contributed by atoms with Gasteiger partial charge in [0.2, 0.25) is 0 Å². The summed E-state index contributed by atoms with van der Waals surface area (Å²) in [6, 6.07) is 0. The third-order valence-electron chi connectivity index (χ3n) is 2.62. The lowest BCUT2D eigenvalue weighted by atomic mass is 10.2. The Morgan fingerprint density at radius 1 is 1.21 bits per heavy atom. The van der Waals surface area contributed by atoms with Gasteiger partial charge in [0.25, 0.3) is 0 Å². The van der Waals surface area contributed by atoms with Crippen molar-refractivity contribution in [3.8, 4) is 0 Å². The number of hydrogen-bond donors (Lipinski definition) is 0. The zero-order valence-electron chi connectivity index (χ0n) is 10.2. The molecule has 0 amide bonds. The number of hydrogen-bond acceptors (Lipinski definition) is 2. The zero-order chi connectivity index (χ0) is 10.8. The molecule has 1 heterocycles. The van der Waals surface area contributed by atoms with Crippen LogP contribution in [0.3, 0.4) is 0 Å². The zero-order valence-corrected chi connectivity index (χ0v) is 12.4. The Morgan fingerprint density at radius 3 is 2.21 bits per heavy atom. The van der Waals surface area contributed by atoms with Gasteiger partial charge in [0.05, 0.1) is 0 Å². The molecule has 14 heavy (non-hydrogen) atoms. The summed E-state index contributed by atoms with van der Waals surface area (Å²) in [5.41, 5.74) is -0.136. The molecule has 0 spiro atoms. The van der Waals surface area contributed by atoms with Gasteiger partial charge in [0.15, 0.2) is 8.32 Å². The normalized spacial score (nSPS) is 29.6. The lowest BCUT2D eigenvalue weighted by molar-refractivity contribution is -0.154. The van der Waals surface area contributed by atoms with Crippen LogP contribution in [-0.4, -0.2) is 29.1 Å². The topological polar surface area (TPSA) is 18.5 Å². The van der Waals surface area contributed by atoms with Crippen LogP contribution >= 0.6 is 0 Å². The van der Waals surface area contributed by atoms with Gasteiger partial charge in [-0.05, 0) is 38.9 Å². The van der Waals surface area contributed by atoms with Crippen LogP contribution in [0.5, 0.6) is 0 Å². The Balaban J connectivity index is 2.71. The Kier molecular flexibility index (Phi) is 3.97. The highest BCUT2D eigenvalue weighted by Gasteiger charge is 2.41. The molecule has 84 valence electrons. The average molecular weight is 232 g/mol. The predicted octanol–water partition coefficient (Wildman–Crippen LogP) is 2.76. The van der Waals surface area contributed by atoms with Crippen molar-refractivity contribution >= 4 is 17.1 Å². The smallest absolute Gasteiger partial charge is 0.187 e. The highest BCUT2D eigenvalue weighted by Crippen LogP contribution is 2.31. The minimum Gasteiger partial charge on any atom is -0.394 e. The molecule has 1 fully saturated rings. The molecule has 1 aliphatic rings. The molecule has 0 aromatic heterocycles. The quantitative estimate of drug-likeness (QED) is 0.697. The first kappa shape index (κ1) is 12.4. The summed E-state index contributed by atoms with van der Waals surface area (Å²) in [7, 11) is -2.37. The third-order valence-corrected chi connectivity index (χ3v) is 6.15. The van der Waals surface area contributed by atoms with Crippen molar-refractivity contribution in [2.45, 2.75) is 57.4 Å². The van der Waals surface area contributed by atoms with E-state index in [1.165, 1.54) is 12.8 Å². The molecule has 0 saturated carbocycles. The Hall–Kier alpha value is 0.354. The van der Waals surface area contributed by atoms with Gasteiger partial charge < -0.3 is 9.16 Å². The van der Waals surface area contributed by atoms with Gasteiger partial charge in [-0.1, -0.05) is 13.1 Å². The average Bonchev–Trinajstić information content (AvgIpc) is 2.02. The first-order valence-electron chi connectivity index (χ1n) is 5.70. The van der Waals surface area contributed by atoms with Crippen molar-refractivity contribution in [3.63, 3.8) is 0 Å². The second kappa shape index (κ2) is 4.47. The largest absolute Gasteiger partial charge is 0.394 e. The molecule has 2 nitrogen and oxygen atoms in total. The minimum absolute atomic E-state index is 0.136. The van der Waals surface area contributed by atoms with Gasteiger partial charge in [0.1, 0.15) is 14.2 Å². The van der Waals surface area contributed by atoms with Crippen LogP contribution in [0.4, 0.5) is 0 Å². The van der Waals surface area contributed by atoms with Crippen LogP contribution in [0.25, 0.3) is 0 Å². The van der Waals surface area contributed by atoms with Crippen molar-refractivity contribution < 1.29 is 9.16 Å². The van der Waals surface area contributed by atoms with E-state index in [1.54, 1.807) is 0 Å². The highest BCUT2D eigenvalue weighted by molar-refractivity contribution is 6.71. The van der Waals surface area contributed by atoms with Crippen molar-refractivity contribution in [1.82, 2.24) is 0 Å². The van der Waals surface area contributed by atoms with Crippen molar-refractivity contribution in [2.75, 3.05) is 6.61 Å². The van der Waals surface area contributed by atoms with Gasteiger partial charge in [-0.3, -0.25) is 0 Å². The molecule has 0 radical (unpaired) electrons. The Bertz CT molecular complexity index is 181. The molecular weight excluding hydrogens is 208 g/mol. The summed E-state index contributed by atoms with van der Waals surface area (Å²) in [4.78, 5) is 0. The van der Waals surface area contributed by atoms with E-state index in [2.05, 4.69) is 32.7 Å². The van der Waals surface area contributed by atoms with Gasteiger partial charge in [0, 0.05) is 6.61 Å². The molecule has 1 aliphatic heterocycles. The summed E-state index contributed by atoms with van der Waals surface area (Å²) in [5, 5.41) is 0. The van der Waals surface area contributed by atoms with E-state index < -0.39 is 17.1 Å². The molecule has 0 N–H and O–H groups in total. The molecule has 1 atom stereocenters. The van der Waals surface area contributed by atoms with Crippen LogP contribution in [-0.2, 0) is 9.16 Å². The fourth-order valence-corrected chi connectivity index (χ4v) is 6.40. The van der Waals surface area contributed by atoms with Gasteiger partial charge >= 0.3 is 0 Å². The van der Waals surface area contributed by atoms with Crippen LogP contribution in [0.1, 0.15) is 19.3 Å². The summed E-state index contributed by atoms with van der Waals surface area (Å²) in [5.74, 6) is 0. The van der Waals surface area contributed by atoms with Crippen LogP contribution in [0, 0.1) is 0 Å². The molecule has 0 aromatic carbocycles. The molecule has 0 aromatic rings. The van der Waals surface area contributed by atoms with E-state index in [0.717, 1.165) is 13.0 Å². The summed E-state index contributed by atoms with van der Waals surface area (Å²) >= 11 is 0. The maximum Gasteiger partial charge on any atom is 0.187 e. The molecule has 0 aliphatic carbocycles. The summed E-state index contributed by atoms with van der Waals surface area (Å²) < 4.78 is 12.3. The molecule has 1 saturated heterocycles. The third kappa shape index (κ3) is 3.19.